The summed E-state index contributed by atoms with van der Waals surface area (Å²) in [4.78, 5) is 41.6. The van der Waals surface area contributed by atoms with Crippen molar-refractivity contribution in [3.05, 3.63) is 17.5 Å². The summed E-state index contributed by atoms with van der Waals surface area (Å²) in [6.45, 7) is 1.68. The predicted molar refractivity (Wildman–Crippen MR) is 68.2 cm³/mol. The Morgan fingerprint density at radius 3 is 2.84 bits per heavy atom. The highest BCUT2D eigenvalue weighted by Crippen LogP contribution is 2.13. The minimum absolute atomic E-state index is 0.0250. The normalized spacial score (nSPS) is 9.79. The zero-order valence-corrected chi connectivity index (χ0v) is 11.3. The summed E-state index contributed by atoms with van der Waals surface area (Å²) in [5.74, 6) is -1.29. The highest BCUT2D eigenvalue weighted by atomic mass is 32.2. The summed E-state index contributed by atoms with van der Waals surface area (Å²) < 4.78 is 4.82. The lowest BCUT2D eigenvalue weighted by molar-refractivity contribution is -0.107. The first kappa shape index (κ1) is 15.1. The Morgan fingerprint density at radius 1 is 1.53 bits per heavy atom. The van der Waals surface area contributed by atoms with Gasteiger partial charge in [0, 0.05) is 6.20 Å². The Hall–Kier alpha value is -1.96. The fourth-order valence-electron chi connectivity index (χ4n) is 1.21. The Balaban J connectivity index is 3.11. The van der Waals surface area contributed by atoms with E-state index in [2.05, 4.69) is 15.3 Å². The number of hydrogen-bond acceptors (Lipinski definition) is 7. The summed E-state index contributed by atoms with van der Waals surface area (Å²) in [6.07, 6.45) is 3.53. The first-order chi connectivity index (χ1) is 9.13. The number of aldehydes is 1. The van der Waals surface area contributed by atoms with Crippen molar-refractivity contribution >= 4 is 29.9 Å². The number of rotatable bonds is 6. The van der Waals surface area contributed by atoms with Crippen LogP contribution in [0.1, 0.15) is 27.8 Å². The van der Waals surface area contributed by atoms with Crippen molar-refractivity contribution in [3.63, 3.8) is 0 Å². The number of carbonyl (C=O) groups excluding carboxylic acids is 3. The number of nitrogens with zero attached hydrogens (tertiary/aromatic N) is 2. The highest BCUT2D eigenvalue weighted by Gasteiger charge is 2.21. The van der Waals surface area contributed by atoms with Crippen LogP contribution in [0.2, 0.25) is 0 Å². The molecule has 1 aromatic rings. The van der Waals surface area contributed by atoms with E-state index in [4.69, 9.17) is 4.74 Å². The highest BCUT2D eigenvalue weighted by molar-refractivity contribution is 7.98. The summed E-state index contributed by atoms with van der Waals surface area (Å²) >= 11 is 1.23. The Bertz CT molecular complexity index is 493. The molecule has 0 fully saturated rings. The number of amides is 1. The third kappa shape index (κ3) is 4.02. The minimum Gasteiger partial charge on any atom is -0.462 e. The van der Waals surface area contributed by atoms with Crippen LogP contribution in [0.25, 0.3) is 0 Å². The molecule has 1 amide bonds. The van der Waals surface area contributed by atoms with Crippen LogP contribution >= 0.6 is 11.8 Å². The van der Waals surface area contributed by atoms with E-state index in [1.54, 1.807) is 13.2 Å². The van der Waals surface area contributed by atoms with E-state index in [1.807, 2.05) is 0 Å². The van der Waals surface area contributed by atoms with Crippen LogP contribution in [0, 0.1) is 0 Å². The molecular weight excluding hydrogens is 270 g/mol. The van der Waals surface area contributed by atoms with Crippen LogP contribution in [0.5, 0.6) is 0 Å². The van der Waals surface area contributed by atoms with Crippen molar-refractivity contribution in [2.75, 3.05) is 19.4 Å². The second kappa shape index (κ2) is 7.47. The Kier molecular flexibility index (Phi) is 5.94. The van der Waals surface area contributed by atoms with Crippen LogP contribution in [-0.2, 0) is 9.53 Å². The van der Waals surface area contributed by atoms with Gasteiger partial charge in [-0.05, 0) is 13.2 Å². The summed E-state index contributed by atoms with van der Waals surface area (Å²) in [7, 11) is 0. The van der Waals surface area contributed by atoms with Crippen LogP contribution in [0.4, 0.5) is 0 Å². The topological polar surface area (TPSA) is 98.2 Å². The monoisotopic (exact) mass is 283 g/mol. The zero-order chi connectivity index (χ0) is 14.3. The molecule has 0 bridgehead atoms. The second-order valence-electron chi connectivity index (χ2n) is 3.22. The van der Waals surface area contributed by atoms with Gasteiger partial charge in [-0.15, -0.1) is 0 Å². The summed E-state index contributed by atoms with van der Waals surface area (Å²) in [5, 5.41) is 2.67. The lowest BCUT2D eigenvalue weighted by atomic mass is 10.2. The van der Waals surface area contributed by atoms with Gasteiger partial charge in [-0.2, -0.15) is 0 Å². The lowest BCUT2D eigenvalue weighted by Crippen LogP contribution is -2.28. The third-order valence-corrected chi connectivity index (χ3v) is 2.57. The molecule has 7 nitrogen and oxygen atoms in total. The van der Waals surface area contributed by atoms with E-state index in [0.717, 1.165) is 0 Å². The smallest absolute Gasteiger partial charge is 0.342 e. The van der Waals surface area contributed by atoms with Gasteiger partial charge in [0.05, 0.1) is 13.2 Å². The quantitative estimate of drug-likeness (QED) is 0.347. The maximum absolute atomic E-state index is 11.8. The van der Waals surface area contributed by atoms with E-state index in [9.17, 15) is 14.4 Å². The first-order valence-corrected chi connectivity index (χ1v) is 6.66. The maximum Gasteiger partial charge on any atom is 0.342 e. The lowest BCUT2D eigenvalue weighted by Gasteiger charge is -2.08. The van der Waals surface area contributed by atoms with Crippen molar-refractivity contribution in [3.8, 4) is 0 Å². The van der Waals surface area contributed by atoms with Gasteiger partial charge in [-0.3, -0.25) is 4.79 Å². The molecule has 0 aromatic carbocycles. The molecule has 0 aliphatic rings. The summed E-state index contributed by atoms with van der Waals surface area (Å²) in [5.41, 5.74) is -0.123. The molecule has 1 heterocycles. The molecule has 0 atom stereocenters. The van der Waals surface area contributed by atoms with Gasteiger partial charge in [0.2, 0.25) is 0 Å². The van der Waals surface area contributed by atoms with E-state index < -0.39 is 11.9 Å². The molecule has 0 unspecified atom stereocenters. The fraction of sp³-hybridized carbons (Fsp3) is 0.364. The molecule has 0 aliphatic carbocycles. The van der Waals surface area contributed by atoms with Crippen LogP contribution < -0.4 is 5.32 Å². The van der Waals surface area contributed by atoms with Crippen molar-refractivity contribution < 1.29 is 19.1 Å². The van der Waals surface area contributed by atoms with Gasteiger partial charge in [0.25, 0.3) is 5.91 Å². The van der Waals surface area contributed by atoms with E-state index >= 15 is 0 Å². The SMILES string of the molecule is CCOC(=O)c1cnc(SC)nc1C(=O)NCC=O. The third-order valence-electron chi connectivity index (χ3n) is 2.01. The molecule has 1 N–H and O–H groups in total. The van der Waals surface area contributed by atoms with Crippen LogP contribution in [0.3, 0.4) is 0 Å². The molecule has 102 valence electrons. The number of aromatic nitrogens is 2. The van der Waals surface area contributed by atoms with Crippen molar-refractivity contribution in [2.24, 2.45) is 0 Å². The zero-order valence-electron chi connectivity index (χ0n) is 10.5. The fourth-order valence-corrected chi connectivity index (χ4v) is 1.55. The number of carbonyl (C=O) groups is 3. The molecule has 0 saturated carbocycles. The number of hydrogen-bond donors (Lipinski definition) is 1. The van der Waals surface area contributed by atoms with Crippen molar-refractivity contribution in [2.45, 2.75) is 12.1 Å². The van der Waals surface area contributed by atoms with E-state index in [1.165, 1.54) is 18.0 Å². The van der Waals surface area contributed by atoms with E-state index in [-0.39, 0.29) is 24.4 Å². The molecule has 1 rings (SSSR count). The van der Waals surface area contributed by atoms with Gasteiger partial charge in [-0.1, -0.05) is 11.8 Å². The first-order valence-electron chi connectivity index (χ1n) is 5.44. The number of esters is 1. The predicted octanol–water partition coefficient (Wildman–Crippen LogP) is 0.304. The summed E-state index contributed by atoms with van der Waals surface area (Å²) in [6, 6.07) is 0. The van der Waals surface area contributed by atoms with Gasteiger partial charge in [-0.25, -0.2) is 14.8 Å². The largest absolute Gasteiger partial charge is 0.462 e. The average molecular weight is 283 g/mol. The van der Waals surface area contributed by atoms with Crippen LogP contribution in [-0.4, -0.2) is 47.5 Å². The Morgan fingerprint density at radius 2 is 2.26 bits per heavy atom. The standard InChI is InChI=1S/C11H13N3O4S/c1-3-18-10(17)7-6-13-11(19-2)14-8(7)9(16)12-4-5-15/h5-6H,3-4H2,1-2H3,(H,12,16). The second-order valence-corrected chi connectivity index (χ2v) is 3.99. The number of ether oxygens (including phenoxy) is 1. The van der Waals surface area contributed by atoms with Gasteiger partial charge in [0.1, 0.15) is 17.5 Å². The Labute approximate surface area is 114 Å². The van der Waals surface area contributed by atoms with Gasteiger partial charge in [0.15, 0.2) is 5.16 Å². The van der Waals surface area contributed by atoms with Gasteiger partial charge >= 0.3 is 5.97 Å². The molecule has 1 aromatic heterocycles. The molecule has 0 aliphatic heterocycles. The molecule has 19 heavy (non-hydrogen) atoms. The maximum atomic E-state index is 11.8. The molecule has 0 saturated heterocycles. The average Bonchev–Trinajstić information content (AvgIpc) is 2.44. The number of thioether (sulfide) groups is 1. The van der Waals surface area contributed by atoms with Crippen LogP contribution in [0.15, 0.2) is 11.4 Å². The molecule has 8 heteroatoms. The molecular formula is C11H13N3O4S. The van der Waals surface area contributed by atoms with Crippen molar-refractivity contribution in [1.29, 1.82) is 0 Å². The van der Waals surface area contributed by atoms with Gasteiger partial charge < -0.3 is 14.8 Å². The van der Waals surface area contributed by atoms with Crippen molar-refractivity contribution in [1.82, 2.24) is 15.3 Å². The van der Waals surface area contributed by atoms with E-state index in [0.29, 0.717) is 11.4 Å². The number of nitrogens with one attached hydrogen (secondary N) is 1. The molecule has 0 spiro atoms. The minimum atomic E-state index is -0.675. The molecule has 0 radical (unpaired) electrons.